The molecule has 0 unspecified atom stereocenters. The van der Waals surface area contributed by atoms with Gasteiger partial charge < -0.3 is 10.6 Å². The Morgan fingerprint density at radius 3 is 2.89 bits per heavy atom. The first-order chi connectivity index (χ1) is 9.06. The number of nitrogens with two attached hydrogens (primary N) is 1. The monoisotopic (exact) mass is 294 g/mol. The number of hydrogen-bond donors (Lipinski definition) is 2. The van der Waals surface area contributed by atoms with E-state index in [0.29, 0.717) is 5.69 Å². The quantitative estimate of drug-likeness (QED) is 0.494. The number of hydrogen-bond acceptors (Lipinski definition) is 7. The molecular formula is C11H14N6S2. The molecule has 0 radical (unpaired) electrons. The molecule has 2 aromatic heterocycles. The summed E-state index contributed by atoms with van der Waals surface area (Å²) < 4.78 is 0.921. The van der Waals surface area contributed by atoms with Crippen LogP contribution in [0.25, 0.3) is 0 Å². The number of rotatable bonds is 5. The maximum absolute atomic E-state index is 7.36. The van der Waals surface area contributed by atoms with Crippen molar-refractivity contribution in [1.29, 1.82) is 5.41 Å². The van der Waals surface area contributed by atoms with E-state index in [1.807, 2.05) is 31.1 Å². The van der Waals surface area contributed by atoms with Gasteiger partial charge in [-0.2, -0.15) is 0 Å². The van der Waals surface area contributed by atoms with Gasteiger partial charge in [0.05, 0.1) is 0 Å². The molecule has 19 heavy (non-hydrogen) atoms. The largest absolute Gasteiger partial charge is 0.382 e. The van der Waals surface area contributed by atoms with Crippen molar-refractivity contribution in [2.45, 2.75) is 10.1 Å². The van der Waals surface area contributed by atoms with Crippen LogP contribution in [0.5, 0.6) is 0 Å². The third-order valence-corrected chi connectivity index (χ3v) is 4.54. The van der Waals surface area contributed by atoms with Gasteiger partial charge in [-0.1, -0.05) is 23.1 Å². The van der Waals surface area contributed by atoms with Gasteiger partial charge in [-0.25, -0.2) is 0 Å². The standard InChI is InChI=1S/C11H14N6S2/c1-17(2)10-15-16-11(19-10)18-6-7-3-4-14-8(5-7)9(12)13/h3-5H,6H2,1-2H3,(H3,12,13). The van der Waals surface area contributed by atoms with E-state index >= 15 is 0 Å². The molecule has 2 heterocycles. The molecule has 100 valence electrons. The summed E-state index contributed by atoms with van der Waals surface area (Å²) in [7, 11) is 3.88. The van der Waals surface area contributed by atoms with Gasteiger partial charge >= 0.3 is 0 Å². The number of anilines is 1. The second-order valence-corrected chi connectivity index (χ2v) is 6.18. The van der Waals surface area contributed by atoms with Gasteiger partial charge in [-0.3, -0.25) is 10.4 Å². The van der Waals surface area contributed by atoms with Crippen molar-refractivity contribution >= 4 is 34.1 Å². The molecule has 0 atom stereocenters. The van der Waals surface area contributed by atoms with Crippen LogP contribution in [0.4, 0.5) is 5.13 Å². The predicted molar refractivity (Wildman–Crippen MR) is 79.1 cm³/mol. The van der Waals surface area contributed by atoms with E-state index in [-0.39, 0.29) is 5.84 Å². The topological polar surface area (TPSA) is 91.8 Å². The molecule has 0 saturated heterocycles. The van der Waals surface area contributed by atoms with E-state index in [1.165, 1.54) is 0 Å². The van der Waals surface area contributed by atoms with E-state index in [2.05, 4.69) is 15.2 Å². The minimum Gasteiger partial charge on any atom is -0.382 e. The summed E-state index contributed by atoms with van der Waals surface area (Å²) >= 11 is 3.17. The Balaban J connectivity index is 2.01. The van der Waals surface area contributed by atoms with E-state index in [1.54, 1.807) is 29.3 Å². The van der Waals surface area contributed by atoms with Crippen molar-refractivity contribution in [2.75, 3.05) is 19.0 Å². The van der Waals surface area contributed by atoms with Crippen molar-refractivity contribution in [1.82, 2.24) is 15.2 Å². The van der Waals surface area contributed by atoms with Crippen molar-refractivity contribution in [3.8, 4) is 0 Å². The van der Waals surface area contributed by atoms with Gasteiger partial charge in [0, 0.05) is 26.0 Å². The molecule has 0 amide bonds. The molecule has 0 bridgehead atoms. The molecule has 3 N–H and O–H groups in total. The fourth-order valence-corrected chi connectivity index (χ4v) is 3.00. The van der Waals surface area contributed by atoms with E-state index < -0.39 is 0 Å². The lowest BCUT2D eigenvalue weighted by Gasteiger charge is -2.04. The number of aromatic nitrogens is 3. The lowest BCUT2D eigenvalue weighted by atomic mass is 10.2. The zero-order chi connectivity index (χ0) is 13.8. The van der Waals surface area contributed by atoms with Gasteiger partial charge in [-0.15, -0.1) is 10.2 Å². The van der Waals surface area contributed by atoms with Crippen molar-refractivity contribution in [3.63, 3.8) is 0 Å². The molecule has 0 saturated carbocycles. The molecule has 6 nitrogen and oxygen atoms in total. The van der Waals surface area contributed by atoms with Gasteiger partial charge in [0.15, 0.2) is 4.34 Å². The first kappa shape index (κ1) is 13.8. The smallest absolute Gasteiger partial charge is 0.208 e. The number of nitrogens with one attached hydrogen (secondary N) is 1. The average molecular weight is 294 g/mol. The first-order valence-corrected chi connectivity index (χ1v) is 7.29. The van der Waals surface area contributed by atoms with Crippen LogP contribution in [-0.4, -0.2) is 35.1 Å². The Kier molecular flexibility index (Phi) is 4.33. The summed E-state index contributed by atoms with van der Waals surface area (Å²) in [4.78, 5) is 5.96. The van der Waals surface area contributed by atoms with Crippen molar-refractivity contribution < 1.29 is 0 Å². The zero-order valence-electron chi connectivity index (χ0n) is 10.6. The summed E-state index contributed by atoms with van der Waals surface area (Å²) in [5, 5.41) is 16.5. The van der Waals surface area contributed by atoms with Gasteiger partial charge in [0.1, 0.15) is 11.5 Å². The highest BCUT2D eigenvalue weighted by atomic mass is 32.2. The maximum atomic E-state index is 7.36. The summed E-state index contributed by atoms with van der Waals surface area (Å²) in [5.41, 5.74) is 6.98. The number of thioether (sulfide) groups is 1. The van der Waals surface area contributed by atoms with Gasteiger partial charge in [-0.05, 0) is 17.7 Å². The SMILES string of the molecule is CN(C)c1nnc(SCc2ccnc(C(=N)N)c2)s1. The summed E-state index contributed by atoms with van der Waals surface area (Å²) in [5.74, 6) is 0.739. The van der Waals surface area contributed by atoms with E-state index in [4.69, 9.17) is 11.1 Å². The lowest BCUT2D eigenvalue weighted by molar-refractivity contribution is 0.972. The molecule has 0 spiro atoms. The highest BCUT2D eigenvalue weighted by Crippen LogP contribution is 2.29. The minimum absolute atomic E-state index is 0.0161. The Morgan fingerprint density at radius 1 is 1.47 bits per heavy atom. The number of amidine groups is 1. The zero-order valence-corrected chi connectivity index (χ0v) is 12.3. The van der Waals surface area contributed by atoms with Crippen molar-refractivity contribution in [2.24, 2.45) is 5.73 Å². The normalized spacial score (nSPS) is 10.4. The Bertz CT molecular complexity index is 580. The molecule has 2 aromatic rings. The molecule has 0 fully saturated rings. The lowest BCUT2D eigenvalue weighted by Crippen LogP contribution is -2.13. The Morgan fingerprint density at radius 2 is 2.26 bits per heavy atom. The van der Waals surface area contributed by atoms with E-state index in [9.17, 15) is 0 Å². The van der Waals surface area contributed by atoms with Crippen LogP contribution in [0.1, 0.15) is 11.3 Å². The van der Waals surface area contributed by atoms with Crippen LogP contribution in [0.15, 0.2) is 22.7 Å². The highest BCUT2D eigenvalue weighted by Gasteiger charge is 2.07. The maximum Gasteiger partial charge on any atom is 0.208 e. The van der Waals surface area contributed by atoms with Crippen molar-refractivity contribution in [3.05, 3.63) is 29.6 Å². The van der Waals surface area contributed by atoms with E-state index in [0.717, 1.165) is 20.8 Å². The Hall–Kier alpha value is -1.67. The molecule has 0 aliphatic heterocycles. The van der Waals surface area contributed by atoms with Crippen LogP contribution in [0.2, 0.25) is 0 Å². The Labute approximate surface area is 119 Å². The second-order valence-electron chi connectivity index (χ2n) is 4.00. The third-order valence-electron chi connectivity index (χ3n) is 2.24. The molecular weight excluding hydrogens is 280 g/mol. The fraction of sp³-hybridized carbons (Fsp3) is 0.273. The van der Waals surface area contributed by atoms with Gasteiger partial charge in [0.25, 0.3) is 0 Å². The van der Waals surface area contributed by atoms with Crippen LogP contribution in [0.3, 0.4) is 0 Å². The van der Waals surface area contributed by atoms with Gasteiger partial charge in [0.2, 0.25) is 5.13 Å². The number of nitrogen functional groups attached to an aromatic ring is 1. The van der Waals surface area contributed by atoms with Crippen LogP contribution in [0, 0.1) is 5.41 Å². The molecule has 2 rings (SSSR count). The summed E-state index contributed by atoms with van der Waals surface area (Å²) in [6, 6.07) is 3.73. The first-order valence-electron chi connectivity index (χ1n) is 5.49. The molecule has 0 aliphatic rings. The van der Waals surface area contributed by atoms with Crippen LogP contribution in [-0.2, 0) is 5.75 Å². The molecule has 8 heteroatoms. The predicted octanol–water partition coefficient (Wildman–Crippen LogP) is 1.58. The van der Waals surface area contributed by atoms with Crippen LogP contribution >= 0.6 is 23.1 Å². The fourth-order valence-electron chi connectivity index (χ4n) is 1.30. The minimum atomic E-state index is -0.0161. The second kappa shape index (κ2) is 5.98. The summed E-state index contributed by atoms with van der Waals surface area (Å²) in [6.45, 7) is 0. The highest BCUT2D eigenvalue weighted by molar-refractivity contribution is 8.00. The molecule has 0 aliphatic carbocycles. The number of nitrogens with zero attached hydrogens (tertiary/aromatic N) is 4. The molecule has 0 aromatic carbocycles. The average Bonchev–Trinajstić information content (AvgIpc) is 2.85. The third kappa shape index (κ3) is 3.65. The van der Waals surface area contributed by atoms with Crippen LogP contribution < -0.4 is 10.6 Å². The number of pyridine rings is 1. The summed E-state index contributed by atoms with van der Waals surface area (Å²) in [6.07, 6.45) is 1.66.